The Bertz CT molecular complexity index is 537. The number of methoxy groups -OCH3 is 1. The molecule has 102 valence electrons. The first-order valence-electron chi connectivity index (χ1n) is 6.20. The monoisotopic (exact) mass is 340 g/mol. The molecule has 2 aromatic rings. The van der Waals surface area contributed by atoms with Crippen LogP contribution in [0.4, 0.5) is 0 Å². The fourth-order valence-electron chi connectivity index (χ4n) is 1.75. The largest absolute Gasteiger partial charge is 0.493 e. The SMILES string of the molecule is CCc1ccc(COc2ccc(CBr)cc2OC)s1. The van der Waals surface area contributed by atoms with E-state index in [0.717, 1.165) is 23.2 Å². The van der Waals surface area contributed by atoms with E-state index < -0.39 is 0 Å². The number of alkyl halides is 1. The molecule has 0 radical (unpaired) electrons. The van der Waals surface area contributed by atoms with Crippen LogP contribution in [-0.4, -0.2) is 7.11 Å². The van der Waals surface area contributed by atoms with Crippen molar-refractivity contribution in [3.05, 3.63) is 45.6 Å². The van der Waals surface area contributed by atoms with Crippen molar-refractivity contribution in [2.45, 2.75) is 25.3 Å². The first-order valence-corrected chi connectivity index (χ1v) is 8.14. The second kappa shape index (κ2) is 6.96. The summed E-state index contributed by atoms with van der Waals surface area (Å²) < 4.78 is 11.2. The number of hydrogen-bond acceptors (Lipinski definition) is 3. The number of halogens is 1. The van der Waals surface area contributed by atoms with Gasteiger partial charge in [0.05, 0.1) is 7.11 Å². The van der Waals surface area contributed by atoms with Gasteiger partial charge in [-0.2, -0.15) is 0 Å². The molecule has 0 atom stereocenters. The molecule has 1 heterocycles. The second-order valence-corrected chi connectivity index (χ2v) is 5.94. The molecule has 0 amide bonds. The highest BCUT2D eigenvalue weighted by atomic mass is 79.9. The lowest BCUT2D eigenvalue weighted by Crippen LogP contribution is -1.96. The number of rotatable bonds is 6. The van der Waals surface area contributed by atoms with E-state index >= 15 is 0 Å². The molecule has 0 N–H and O–H groups in total. The Morgan fingerprint density at radius 3 is 2.53 bits per heavy atom. The lowest BCUT2D eigenvalue weighted by Gasteiger charge is -2.10. The lowest BCUT2D eigenvalue weighted by molar-refractivity contribution is 0.287. The van der Waals surface area contributed by atoms with E-state index in [0.29, 0.717) is 6.61 Å². The summed E-state index contributed by atoms with van der Waals surface area (Å²) in [6, 6.07) is 10.3. The lowest BCUT2D eigenvalue weighted by atomic mass is 10.2. The van der Waals surface area contributed by atoms with Gasteiger partial charge in [0.2, 0.25) is 0 Å². The standard InChI is InChI=1S/C15H17BrO2S/c1-3-12-5-6-13(19-12)10-18-14-7-4-11(9-16)8-15(14)17-2/h4-8H,3,9-10H2,1-2H3. The Balaban J connectivity index is 2.06. The zero-order valence-electron chi connectivity index (χ0n) is 11.1. The van der Waals surface area contributed by atoms with Crippen LogP contribution in [0.1, 0.15) is 22.2 Å². The molecule has 0 saturated heterocycles. The molecule has 2 nitrogen and oxygen atoms in total. The van der Waals surface area contributed by atoms with Gasteiger partial charge in [-0.25, -0.2) is 0 Å². The predicted molar refractivity (Wildman–Crippen MR) is 83.7 cm³/mol. The predicted octanol–water partition coefficient (Wildman–Crippen LogP) is 4.79. The smallest absolute Gasteiger partial charge is 0.161 e. The van der Waals surface area contributed by atoms with Crippen LogP contribution in [0.15, 0.2) is 30.3 Å². The van der Waals surface area contributed by atoms with Crippen LogP contribution in [0.2, 0.25) is 0 Å². The molecule has 0 unspecified atom stereocenters. The van der Waals surface area contributed by atoms with Crippen molar-refractivity contribution < 1.29 is 9.47 Å². The van der Waals surface area contributed by atoms with E-state index in [2.05, 4.69) is 35.0 Å². The molecule has 0 aliphatic rings. The van der Waals surface area contributed by atoms with Crippen molar-refractivity contribution in [3.63, 3.8) is 0 Å². The highest BCUT2D eigenvalue weighted by Crippen LogP contribution is 2.30. The maximum atomic E-state index is 5.84. The van der Waals surface area contributed by atoms with Gasteiger partial charge in [0.25, 0.3) is 0 Å². The Labute approximate surface area is 126 Å². The quantitative estimate of drug-likeness (QED) is 0.703. The zero-order chi connectivity index (χ0) is 13.7. The zero-order valence-corrected chi connectivity index (χ0v) is 13.5. The van der Waals surface area contributed by atoms with E-state index in [-0.39, 0.29) is 0 Å². The fourth-order valence-corrected chi connectivity index (χ4v) is 2.97. The Hall–Kier alpha value is -1.000. The highest BCUT2D eigenvalue weighted by Gasteiger charge is 2.06. The second-order valence-electron chi connectivity index (χ2n) is 4.13. The van der Waals surface area contributed by atoms with Gasteiger partial charge in [-0.1, -0.05) is 28.9 Å². The Morgan fingerprint density at radius 2 is 1.89 bits per heavy atom. The first-order chi connectivity index (χ1) is 9.26. The van der Waals surface area contributed by atoms with Crippen molar-refractivity contribution in [2.75, 3.05) is 7.11 Å². The molecule has 0 bridgehead atoms. The van der Waals surface area contributed by atoms with Gasteiger partial charge in [-0.15, -0.1) is 11.3 Å². The molecule has 2 rings (SSSR count). The maximum Gasteiger partial charge on any atom is 0.161 e. The summed E-state index contributed by atoms with van der Waals surface area (Å²) in [6.45, 7) is 2.76. The van der Waals surface area contributed by atoms with E-state index in [4.69, 9.17) is 9.47 Å². The summed E-state index contributed by atoms with van der Waals surface area (Å²) in [4.78, 5) is 2.63. The van der Waals surface area contributed by atoms with Crippen molar-refractivity contribution in [3.8, 4) is 11.5 Å². The van der Waals surface area contributed by atoms with Crippen molar-refractivity contribution in [1.82, 2.24) is 0 Å². The van der Waals surface area contributed by atoms with E-state index in [1.165, 1.54) is 15.3 Å². The minimum absolute atomic E-state index is 0.592. The summed E-state index contributed by atoms with van der Waals surface area (Å²) in [5, 5.41) is 0.814. The van der Waals surface area contributed by atoms with Crippen molar-refractivity contribution in [1.29, 1.82) is 0 Å². The van der Waals surface area contributed by atoms with Gasteiger partial charge in [0, 0.05) is 15.1 Å². The molecule has 1 aromatic heterocycles. The topological polar surface area (TPSA) is 18.5 Å². The van der Waals surface area contributed by atoms with E-state index in [1.54, 1.807) is 18.4 Å². The highest BCUT2D eigenvalue weighted by molar-refractivity contribution is 9.08. The summed E-state index contributed by atoms with van der Waals surface area (Å²) in [6.07, 6.45) is 1.08. The number of benzene rings is 1. The van der Waals surface area contributed by atoms with E-state index in [1.807, 2.05) is 18.2 Å². The molecule has 0 aliphatic carbocycles. The number of ether oxygens (including phenoxy) is 2. The molecule has 0 aliphatic heterocycles. The number of hydrogen-bond donors (Lipinski definition) is 0. The Kier molecular flexibility index (Phi) is 5.28. The van der Waals surface area contributed by atoms with Gasteiger partial charge in [0.1, 0.15) is 6.61 Å². The van der Waals surface area contributed by atoms with Gasteiger partial charge in [-0.05, 0) is 36.2 Å². The van der Waals surface area contributed by atoms with Crippen LogP contribution in [0.25, 0.3) is 0 Å². The summed E-state index contributed by atoms with van der Waals surface area (Å²) >= 11 is 5.24. The van der Waals surface area contributed by atoms with Crippen LogP contribution in [0.5, 0.6) is 11.5 Å². The van der Waals surface area contributed by atoms with Gasteiger partial charge >= 0.3 is 0 Å². The van der Waals surface area contributed by atoms with Crippen molar-refractivity contribution in [2.24, 2.45) is 0 Å². The van der Waals surface area contributed by atoms with Crippen LogP contribution in [0.3, 0.4) is 0 Å². The average Bonchev–Trinajstić information content (AvgIpc) is 2.92. The number of aryl methyl sites for hydroxylation is 1. The molecule has 0 saturated carbocycles. The van der Waals surface area contributed by atoms with Crippen LogP contribution in [0, 0.1) is 0 Å². The fraction of sp³-hybridized carbons (Fsp3) is 0.333. The van der Waals surface area contributed by atoms with Gasteiger partial charge in [0.15, 0.2) is 11.5 Å². The minimum Gasteiger partial charge on any atom is -0.493 e. The first kappa shape index (κ1) is 14.4. The third kappa shape index (κ3) is 3.74. The van der Waals surface area contributed by atoms with E-state index in [9.17, 15) is 0 Å². The van der Waals surface area contributed by atoms with Crippen molar-refractivity contribution >= 4 is 27.3 Å². The maximum absolute atomic E-state index is 5.84. The molecule has 4 heteroatoms. The summed E-state index contributed by atoms with van der Waals surface area (Å²) in [7, 11) is 1.67. The third-order valence-electron chi connectivity index (χ3n) is 2.82. The normalized spacial score (nSPS) is 10.5. The van der Waals surface area contributed by atoms with Gasteiger partial charge in [-0.3, -0.25) is 0 Å². The molecule has 1 aromatic carbocycles. The molecular formula is C15H17BrO2S. The third-order valence-corrected chi connectivity index (χ3v) is 4.67. The molecule has 0 spiro atoms. The average molecular weight is 341 g/mol. The Morgan fingerprint density at radius 1 is 1.11 bits per heavy atom. The number of thiophene rings is 1. The molecule has 0 fully saturated rings. The van der Waals surface area contributed by atoms with Gasteiger partial charge < -0.3 is 9.47 Å². The molecular weight excluding hydrogens is 324 g/mol. The van der Waals surface area contributed by atoms with Crippen LogP contribution < -0.4 is 9.47 Å². The minimum atomic E-state index is 0.592. The summed E-state index contributed by atoms with van der Waals surface area (Å²) in [5.74, 6) is 1.57. The van der Waals surface area contributed by atoms with Crippen LogP contribution >= 0.6 is 27.3 Å². The molecule has 19 heavy (non-hydrogen) atoms. The summed E-state index contributed by atoms with van der Waals surface area (Å²) in [5.41, 5.74) is 1.17. The van der Waals surface area contributed by atoms with Crippen LogP contribution in [-0.2, 0) is 18.4 Å².